The topological polar surface area (TPSA) is 52.1 Å². The average Bonchev–Trinajstić information content (AvgIpc) is 2.84. The third-order valence-electron chi connectivity index (χ3n) is 3.19. The maximum Gasteiger partial charge on any atom is 0.348 e. The summed E-state index contributed by atoms with van der Waals surface area (Å²) in [5, 5.41) is 2.36. The van der Waals surface area contributed by atoms with Crippen molar-refractivity contribution < 1.29 is 9.53 Å². The van der Waals surface area contributed by atoms with E-state index in [2.05, 4.69) is 16.9 Å². The summed E-state index contributed by atoms with van der Waals surface area (Å²) in [7, 11) is 1.38. The third kappa shape index (κ3) is 3.09. The zero-order valence-electron chi connectivity index (χ0n) is 12.5. The Morgan fingerprint density at radius 2 is 2.10 bits per heavy atom. The minimum absolute atomic E-state index is 0.353. The van der Waals surface area contributed by atoms with Crippen molar-refractivity contribution in [3.8, 4) is 11.3 Å². The number of hydrogen-bond acceptors (Lipinski definition) is 5. The first-order chi connectivity index (χ1) is 9.99. The lowest BCUT2D eigenvalue weighted by atomic mass is 10.0. The van der Waals surface area contributed by atoms with Crippen molar-refractivity contribution in [1.82, 2.24) is 9.97 Å². The Kier molecular flexibility index (Phi) is 4.96. The molecule has 0 unspecified atom stereocenters. The van der Waals surface area contributed by atoms with Gasteiger partial charge in [0.2, 0.25) is 0 Å². The van der Waals surface area contributed by atoms with E-state index in [0.29, 0.717) is 15.9 Å². The predicted octanol–water partition coefficient (Wildman–Crippen LogP) is 4.21. The lowest BCUT2D eigenvalue weighted by Gasteiger charge is -2.10. The third-order valence-corrected chi connectivity index (χ3v) is 4.63. The van der Waals surface area contributed by atoms with Crippen molar-refractivity contribution >= 4 is 28.9 Å². The summed E-state index contributed by atoms with van der Waals surface area (Å²) in [6.07, 6.45) is 1.69. The summed E-state index contributed by atoms with van der Waals surface area (Å²) in [6, 6.07) is 0. The molecule has 0 fully saturated rings. The predicted molar refractivity (Wildman–Crippen MR) is 85.2 cm³/mol. The van der Waals surface area contributed by atoms with E-state index < -0.39 is 0 Å². The zero-order valence-corrected chi connectivity index (χ0v) is 14.1. The minimum atomic E-state index is -0.353. The van der Waals surface area contributed by atoms with Crippen LogP contribution in [0.15, 0.2) is 5.38 Å². The van der Waals surface area contributed by atoms with E-state index >= 15 is 0 Å². The molecule has 0 saturated heterocycles. The molecule has 0 saturated carbocycles. The number of esters is 1. The number of carbonyl (C=O) groups is 1. The highest BCUT2D eigenvalue weighted by Crippen LogP contribution is 2.35. The van der Waals surface area contributed by atoms with Gasteiger partial charge in [-0.2, -0.15) is 0 Å². The van der Waals surface area contributed by atoms with E-state index in [-0.39, 0.29) is 5.97 Å². The fraction of sp³-hybridized carbons (Fsp3) is 0.400. The van der Waals surface area contributed by atoms with Crippen LogP contribution in [0.4, 0.5) is 0 Å². The Balaban J connectivity index is 2.66. The van der Waals surface area contributed by atoms with Crippen LogP contribution in [0.3, 0.4) is 0 Å². The van der Waals surface area contributed by atoms with Crippen molar-refractivity contribution in [3.63, 3.8) is 0 Å². The Bertz CT molecular complexity index is 683. The molecule has 0 aliphatic rings. The number of nitrogens with zero attached hydrogens (tertiary/aromatic N) is 2. The van der Waals surface area contributed by atoms with Gasteiger partial charge in [0.1, 0.15) is 15.9 Å². The number of hydrogen-bond donors (Lipinski definition) is 0. The SMILES string of the molecule is CCCc1nc(Cl)c(C)c(-c2c(C)csc2C(=O)OC)n1. The van der Waals surface area contributed by atoms with Crippen LogP contribution in [0.5, 0.6) is 0 Å². The first-order valence-electron chi connectivity index (χ1n) is 6.69. The van der Waals surface area contributed by atoms with Crippen LogP contribution in [0, 0.1) is 13.8 Å². The Morgan fingerprint density at radius 3 is 2.71 bits per heavy atom. The second-order valence-electron chi connectivity index (χ2n) is 4.77. The van der Waals surface area contributed by atoms with Gasteiger partial charge in [0.25, 0.3) is 0 Å². The Labute approximate surface area is 133 Å². The molecule has 0 spiro atoms. The van der Waals surface area contributed by atoms with Gasteiger partial charge in [-0.1, -0.05) is 18.5 Å². The van der Waals surface area contributed by atoms with Crippen LogP contribution in [0.2, 0.25) is 5.15 Å². The standard InChI is InChI=1S/C15H17ClN2O2S/c1-5-6-10-17-12(9(3)14(16)18-10)11-8(2)7-21-13(11)15(19)20-4/h7H,5-6H2,1-4H3. The number of halogens is 1. The minimum Gasteiger partial charge on any atom is -0.465 e. The average molecular weight is 325 g/mol. The molecule has 0 aliphatic heterocycles. The highest BCUT2D eigenvalue weighted by Gasteiger charge is 2.22. The van der Waals surface area contributed by atoms with Crippen LogP contribution in [0.1, 0.15) is 40.0 Å². The number of thiophene rings is 1. The van der Waals surface area contributed by atoms with Crippen molar-refractivity contribution in [2.45, 2.75) is 33.6 Å². The molecule has 4 nitrogen and oxygen atoms in total. The molecule has 0 N–H and O–H groups in total. The van der Waals surface area contributed by atoms with Crippen LogP contribution in [0.25, 0.3) is 11.3 Å². The second kappa shape index (κ2) is 6.54. The van der Waals surface area contributed by atoms with Crippen LogP contribution < -0.4 is 0 Å². The monoisotopic (exact) mass is 324 g/mol. The molecule has 0 aromatic carbocycles. The van der Waals surface area contributed by atoms with E-state index in [1.807, 2.05) is 19.2 Å². The van der Waals surface area contributed by atoms with E-state index in [0.717, 1.165) is 35.2 Å². The van der Waals surface area contributed by atoms with Gasteiger partial charge < -0.3 is 4.74 Å². The first kappa shape index (κ1) is 15.9. The Morgan fingerprint density at radius 1 is 1.38 bits per heavy atom. The largest absolute Gasteiger partial charge is 0.465 e. The molecule has 2 aromatic heterocycles. The zero-order chi connectivity index (χ0) is 15.6. The van der Waals surface area contributed by atoms with Crippen LogP contribution in [-0.2, 0) is 11.2 Å². The molecular formula is C15H17ClN2O2S. The lowest BCUT2D eigenvalue weighted by molar-refractivity contribution is 0.0607. The van der Waals surface area contributed by atoms with Gasteiger partial charge in [0, 0.05) is 17.5 Å². The molecule has 0 atom stereocenters. The van der Waals surface area contributed by atoms with Gasteiger partial charge in [0.05, 0.1) is 12.8 Å². The van der Waals surface area contributed by atoms with E-state index in [9.17, 15) is 4.79 Å². The maximum atomic E-state index is 11.9. The molecule has 2 aromatic rings. The number of rotatable bonds is 4. The molecule has 2 rings (SSSR count). The van der Waals surface area contributed by atoms with Gasteiger partial charge in [-0.05, 0) is 31.2 Å². The van der Waals surface area contributed by atoms with E-state index in [1.54, 1.807) is 0 Å². The fourth-order valence-electron chi connectivity index (χ4n) is 2.09. The highest BCUT2D eigenvalue weighted by atomic mass is 35.5. The number of ether oxygens (including phenoxy) is 1. The van der Waals surface area contributed by atoms with Crippen LogP contribution >= 0.6 is 22.9 Å². The van der Waals surface area contributed by atoms with Gasteiger partial charge in [0.15, 0.2) is 0 Å². The molecule has 21 heavy (non-hydrogen) atoms. The second-order valence-corrected chi connectivity index (χ2v) is 6.01. The summed E-state index contributed by atoms with van der Waals surface area (Å²) >= 11 is 7.59. The quantitative estimate of drug-likeness (QED) is 0.624. The fourth-order valence-corrected chi connectivity index (χ4v) is 3.25. The molecular weight excluding hydrogens is 308 g/mol. The summed E-state index contributed by atoms with van der Waals surface area (Å²) < 4.78 is 4.85. The molecule has 0 aliphatic carbocycles. The first-order valence-corrected chi connectivity index (χ1v) is 7.95. The number of carbonyl (C=O) groups excluding carboxylic acids is 1. The molecule has 0 bridgehead atoms. The number of aryl methyl sites for hydroxylation is 2. The molecule has 0 amide bonds. The van der Waals surface area contributed by atoms with Gasteiger partial charge in [-0.15, -0.1) is 11.3 Å². The highest BCUT2D eigenvalue weighted by molar-refractivity contribution is 7.12. The van der Waals surface area contributed by atoms with E-state index in [4.69, 9.17) is 16.3 Å². The van der Waals surface area contributed by atoms with Gasteiger partial charge >= 0.3 is 5.97 Å². The Hall–Kier alpha value is -1.46. The van der Waals surface area contributed by atoms with Gasteiger partial charge in [-0.25, -0.2) is 14.8 Å². The summed E-state index contributed by atoms with van der Waals surface area (Å²) in [5.41, 5.74) is 3.28. The molecule has 0 radical (unpaired) electrons. The number of methoxy groups -OCH3 is 1. The van der Waals surface area contributed by atoms with Crippen molar-refractivity contribution in [2.24, 2.45) is 0 Å². The molecule has 6 heteroatoms. The molecule has 112 valence electrons. The normalized spacial score (nSPS) is 10.7. The lowest BCUT2D eigenvalue weighted by Crippen LogP contribution is -2.05. The van der Waals surface area contributed by atoms with E-state index in [1.165, 1.54) is 18.4 Å². The van der Waals surface area contributed by atoms with Crippen molar-refractivity contribution in [2.75, 3.05) is 7.11 Å². The van der Waals surface area contributed by atoms with Crippen LogP contribution in [-0.4, -0.2) is 23.0 Å². The smallest absolute Gasteiger partial charge is 0.348 e. The molecule has 2 heterocycles. The summed E-state index contributed by atoms with van der Waals surface area (Å²) in [5.74, 6) is 0.346. The maximum absolute atomic E-state index is 11.9. The summed E-state index contributed by atoms with van der Waals surface area (Å²) in [4.78, 5) is 21.4. The van der Waals surface area contributed by atoms with Crippen molar-refractivity contribution in [3.05, 3.63) is 32.4 Å². The van der Waals surface area contributed by atoms with Gasteiger partial charge in [-0.3, -0.25) is 0 Å². The van der Waals surface area contributed by atoms with Crippen molar-refractivity contribution in [1.29, 1.82) is 0 Å². The number of aromatic nitrogens is 2. The summed E-state index contributed by atoms with van der Waals surface area (Å²) in [6.45, 7) is 5.88.